The van der Waals surface area contributed by atoms with Gasteiger partial charge in [-0.3, -0.25) is 9.59 Å². The fraction of sp³-hybridized carbons (Fsp3) is 0.0769. The van der Waals surface area contributed by atoms with Gasteiger partial charge in [0.1, 0.15) is 0 Å². The number of phenols is 1. The number of hydrogen-bond acceptors (Lipinski definition) is 3. The van der Waals surface area contributed by atoms with Crippen molar-refractivity contribution < 1.29 is 9.90 Å². The molecule has 104 valence electrons. The predicted molar refractivity (Wildman–Crippen MR) is 77.8 cm³/mol. The number of phenolic OH excluding ortho intramolecular Hbond substituents is 1. The number of anilines is 1. The molecule has 0 saturated carbocycles. The second-order valence-corrected chi connectivity index (χ2v) is 4.92. The molecule has 0 fully saturated rings. The molecule has 1 aromatic carbocycles. The van der Waals surface area contributed by atoms with Crippen LogP contribution in [0.25, 0.3) is 0 Å². The molecule has 2 N–H and O–H groups in total. The van der Waals surface area contributed by atoms with Crippen LogP contribution in [0.3, 0.4) is 0 Å². The molecule has 20 heavy (non-hydrogen) atoms. The number of halogens is 2. The van der Waals surface area contributed by atoms with Gasteiger partial charge in [-0.1, -0.05) is 23.2 Å². The van der Waals surface area contributed by atoms with Gasteiger partial charge in [0.05, 0.1) is 10.0 Å². The average Bonchev–Trinajstić information content (AvgIpc) is 2.39. The van der Waals surface area contributed by atoms with Gasteiger partial charge in [0, 0.05) is 30.6 Å². The Labute approximate surface area is 124 Å². The fourth-order valence-electron chi connectivity index (χ4n) is 1.53. The molecule has 0 spiro atoms. The number of aromatic nitrogens is 1. The van der Waals surface area contributed by atoms with E-state index in [0.717, 1.165) is 0 Å². The van der Waals surface area contributed by atoms with Crippen LogP contribution in [0.2, 0.25) is 10.0 Å². The Bertz CT molecular complexity index is 718. The van der Waals surface area contributed by atoms with Crippen molar-refractivity contribution in [3.05, 3.63) is 56.4 Å². The summed E-state index contributed by atoms with van der Waals surface area (Å²) in [7, 11) is 1.59. The smallest absolute Gasteiger partial charge is 0.255 e. The van der Waals surface area contributed by atoms with Crippen LogP contribution in [0.15, 0.2) is 35.3 Å². The fourth-order valence-corrected chi connectivity index (χ4v) is 2.02. The molecule has 0 aliphatic rings. The lowest BCUT2D eigenvalue weighted by Crippen LogP contribution is -2.19. The first-order chi connectivity index (χ1) is 9.38. The van der Waals surface area contributed by atoms with Gasteiger partial charge in [0.15, 0.2) is 5.75 Å². The summed E-state index contributed by atoms with van der Waals surface area (Å²) in [5, 5.41) is 12.0. The van der Waals surface area contributed by atoms with Crippen molar-refractivity contribution >= 4 is 34.8 Å². The van der Waals surface area contributed by atoms with Gasteiger partial charge in [-0.2, -0.15) is 0 Å². The highest BCUT2D eigenvalue weighted by molar-refractivity contribution is 6.37. The zero-order valence-corrected chi connectivity index (χ0v) is 11.9. The highest BCUT2D eigenvalue weighted by Gasteiger charge is 2.11. The molecule has 2 aromatic rings. The van der Waals surface area contributed by atoms with Gasteiger partial charge >= 0.3 is 0 Å². The summed E-state index contributed by atoms with van der Waals surface area (Å²) in [4.78, 5) is 23.4. The minimum atomic E-state index is -0.472. The molecule has 0 radical (unpaired) electrons. The number of nitrogens with zero attached hydrogens (tertiary/aromatic N) is 1. The Morgan fingerprint density at radius 3 is 2.40 bits per heavy atom. The van der Waals surface area contributed by atoms with Crippen LogP contribution < -0.4 is 10.9 Å². The molecule has 5 nitrogen and oxygen atoms in total. The Hall–Kier alpha value is -1.98. The van der Waals surface area contributed by atoms with Gasteiger partial charge < -0.3 is 15.0 Å². The summed E-state index contributed by atoms with van der Waals surface area (Å²) in [5.41, 5.74) is 0.247. The Balaban J connectivity index is 2.28. The first kappa shape index (κ1) is 14.4. The summed E-state index contributed by atoms with van der Waals surface area (Å²) < 4.78 is 1.35. The summed E-state index contributed by atoms with van der Waals surface area (Å²) in [6.07, 6.45) is 1.49. The first-order valence-electron chi connectivity index (χ1n) is 5.54. The van der Waals surface area contributed by atoms with E-state index in [4.69, 9.17) is 23.2 Å². The van der Waals surface area contributed by atoms with Crippen molar-refractivity contribution in [1.29, 1.82) is 0 Å². The number of pyridine rings is 1. The number of carbonyl (C=O) groups is 1. The van der Waals surface area contributed by atoms with Crippen molar-refractivity contribution in [3.8, 4) is 5.75 Å². The molecule has 0 aliphatic heterocycles. The third kappa shape index (κ3) is 2.95. The minimum absolute atomic E-state index is 0.0248. The van der Waals surface area contributed by atoms with Gasteiger partial charge in [0.25, 0.3) is 11.5 Å². The van der Waals surface area contributed by atoms with Crippen molar-refractivity contribution in [3.63, 3.8) is 0 Å². The highest BCUT2D eigenvalue weighted by Crippen LogP contribution is 2.34. The summed E-state index contributed by atoms with van der Waals surface area (Å²) in [5.74, 6) is -0.722. The highest BCUT2D eigenvalue weighted by atomic mass is 35.5. The molecule has 2 rings (SSSR count). The van der Waals surface area contributed by atoms with E-state index in [9.17, 15) is 14.7 Å². The predicted octanol–water partition coefficient (Wildman–Crippen LogP) is 2.65. The van der Waals surface area contributed by atoms with Crippen LogP contribution in [0, 0.1) is 0 Å². The van der Waals surface area contributed by atoms with E-state index in [-0.39, 0.29) is 26.9 Å². The maximum Gasteiger partial charge on any atom is 0.255 e. The SMILES string of the molecule is Cn1ccc(C(=O)Nc2cc(Cl)c(O)c(Cl)c2)cc1=O. The number of aryl methyl sites for hydroxylation is 1. The first-order valence-corrected chi connectivity index (χ1v) is 6.30. The molecule has 0 unspecified atom stereocenters. The molecular weight excluding hydrogens is 303 g/mol. The molecule has 0 bridgehead atoms. The monoisotopic (exact) mass is 312 g/mol. The lowest BCUT2D eigenvalue weighted by Gasteiger charge is -2.08. The molecule has 0 saturated heterocycles. The maximum atomic E-state index is 12.0. The number of amides is 1. The van der Waals surface area contributed by atoms with Gasteiger partial charge in [-0.15, -0.1) is 0 Å². The van der Waals surface area contributed by atoms with E-state index in [2.05, 4.69) is 5.32 Å². The van der Waals surface area contributed by atoms with E-state index in [1.807, 2.05) is 0 Å². The van der Waals surface area contributed by atoms with E-state index >= 15 is 0 Å². The lowest BCUT2D eigenvalue weighted by atomic mass is 10.2. The summed E-state index contributed by atoms with van der Waals surface area (Å²) in [6.45, 7) is 0. The standard InChI is InChI=1S/C13H10Cl2N2O3/c1-17-3-2-7(4-11(17)18)13(20)16-8-5-9(14)12(19)10(15)6-8/h2-6,19H,1H3,(H,16,20). The number of nitrogens with one attached hydrogen (secondary N) is 1. The Morgan fingerprint density at radius 2 is 1.85 bits per heavy atom. The van der Waals surface area contributed by atoms with Crippen LogP contribution in [-0.2, 0) is 7.05 Å². The average molecular weight is 313 g/mol. The molecule has 0 atom stereocenters. The van der Waals surface area contributed by atoms with E-state index < -0.39 is 5.91 Å². The quantitative estimate of drug-likeness (QED) is 0.837. The summed E-state index contributed by atoms with van der Waals surface area (Å²) >= 11 is 11.5. The van der Waals surface area contributed by atoms with E-state index in [0.29, 0.717) is 5.69 Å². The normalized spacial score (nSPS) is 10.3. The molecular formula is C13H10Cl2N2O3. The maximum absolute atomic E-state index is 12.0. The Morgan fingerprint density at radius 1 is 1.25 bits per heavy atom. The molecule has 1 aromatic heterocycles. The molecule has 1 amide bonds. The number of hydrogen-bond donors (Lipinski definition) is 2. The topological polar surface area (TPSA) is 71.3 Å². The summed E-state index contributed by atoms with van der Waals surface area (Å²) in [6, 6.07) is 5.46. The lowest BCUT2D eigenvalue weighted by molar-refractivity contribution is 0.102. The van der Waals surface area contributed by atoms with Crippen molar-refractivity contribution in [2.24, 2.45) is 7.05 Å². The van der Waals surface area contributed by atoms with Crippen LogP contribution in [-0.4, -0.2) is 15.6 Å². The number of rotatable bonds is 2. The van der Waals surface area contributed by atoms with Crippen LogP contribution in [0.5, 0.6) is 5.75 Å². The second-order valence-electron chi connectivity index (χ2n) is 4.11. The third-order valence-corrected chi connectivity index (χ3v) is 3.22. The zero-order valence-electron chi connectivity index (χ0n) is 10.4. The molecule has 7 heteroatoms. The Kier molecular flexibility index (Phi) is 4.01. The van der Waals surface area contributed by atoms with E-state index in [1.54, 1.807) is 7.05 Å². The van der Waals surface area contributed by atoms with Crippen LogP contribution in [0.1, 0.15) is 10.4 Å². The van der Waals surface area contributed by atoms with Gasteiger partial charge in [0.2, 0.25) is 0 Å². The van der Waals surface area contributed by atoms with Crippen LogP contribution in [0.4, 0.5) is 5.69 Å². The van der Waals surface area contributed by atoms with Crippen molar-refractivity contribution in [2.45, 2.75) is 0 Å². The number of carbonyl (C=O) groups excluding carboxylic acids is 1. The van der Waals surface area contributed by atoms with Gasteiger partial charge in [-0.25, -0.2) is 0 Å². The molecule has 1 heterocycles. The van der Waals surface area contributed by atoms with E-state index in [1.165, 1.54) is 35.0 Å². The molecule has 0 aliphatic carbocycles. The van der Waals surface area contributed by atoms with Crippen molar-refractivity contribution in [2.75, 3.05) is 5.32 Å². The minimum Gasteiger partial charge on any atom is -0.505 e. The van der Waals surface area contributed by atoms with Crippen LogP contribution >= 0.6 is 23.2 Å². The second kappa shape index (κ2) is 5.56. The number of benzene rings is 1. The third-order valence-electron chi connectivity index (χ3n) is 2.64. The zero-order chi connectivity index (χ0) is 14.9. The van der Waals surface area contributed by atoms with Crippen molar-refractivity contribution in [1.82, 2.24) is 4.57 Å². The van der Waals surface area contributed by atoms with Gasteiger partial charge in [-0.05, 0) is 18.2 Å². The largest absolute Gasteiger partial charge is 0.505 e. The number of aromatic hydroxyl groups is 1.